The van der Waals surface area contributed by atoms with Gasteiger partial charge in [-0.3, -0.25) is 4.79 Å². The van der Waals surface area contributed by atoms with E-state index in [0.29, 0.717) is 35.4 Å². The zero-order chi connectivity index (χ0) is 28.6. The van der Waals surface area contributed by atoms with Crippen molar-refractivity contribution in [1.29, 1.82) is 0 Å². The zero-order valence-corrected chi connectivity index (χ0v) is 22.4. The van der Waals surface area contributed by atoms with Crippen LogP contribution in [-0.2, 0) is 11.3 Å². The molecule has 2 amide bonds. The Hall–Kier alpha value is -4.35. The molecule has 0 aliphatic carbocycles. The number of hydrogen-bond acceptors (Lipinski definition) is 6. The molecule has 40 heavy (non-hydrogen) atoms. The number of carbonyl (C=O) groups is 2. The van der Waals surface area contributed by atoms with Crippen LogP contribution in [0.1, 0.15) is 51.6 Å². The normalized spacial score (nSPS) is 17.9. The van der Waals surface area contributed by atoms with Gasteiger partial charge in [-0.05, 0) is 42.5 Å². The number of carboxylic acid groups (broad SMARTS) is 1. The van der Waals surface area contributed by atoms with Crippen LogP contribution in [0, 0.1) is 11.3 Å². The number of halogens is 2. The van der Waals surface area contributed by atoms with Crippen molar-refractivity contribution in [3.8, 4) is 11.5 Å². The average Bonchev–Trinajstić information content (AvgIpc) is 3.58. The summed E-state index contributed by atoms with van der Waals surface area (Å²) in [4.78, 5) is 33.7. The van der Waals surface area contributed by atoms with Crippen LogP contribution in [0.2, 0.25) is 0 Å². The second-order valence-corrected chi connectivity index (χ2v) is 11.0. The molecule has 0 spiro atoms. The van der Waals surface area contributed by atoms with Gasteiger partial charge < -0.3 is 23.7 Å². The van der Waals surface area contributed by atoms with Gasteiger partial charge in [0.25, 0.3) is 5.89 Å². The number of benzene rings is 1. The lowest BCUT2D eigenvalue weighted by molar-refractivity contribution is -0.125. The third-order valence-corrected chi connectivity index (χ3v) is 7.24. The number of likely N-dealkylation sites (tertiary alicyclic amines) is 1. The van der Waals surface area contributed by atoms with Gasteiger partial charge in [0.1, 0.15) is 5.65 Å². The van der Waals surface area contributed by atoms with Crippen molar-refractivity contribution < 1.29 is 27.9 Å². The topological polar surface area (TPSA) is 117 Å². The van der Waals surface area contributed by atoms with Crippen molar-refractivity contribution in [3.63, 3.8) is 0 Å². The van der Waals surface area contributed by atoms with Crippen molar-refractivity contribution in [2.24, 2.45) is 11.3 Å². The fourth-order valence-electron chi connectivity index (χ4n) is 5.21. The fourth-order valence-corrected chi connectivity index (χ4v) is 5.21. The van der Waals surface area contributed by atoms with Crippen LogP contribution in [0.3, 0.4) is 0 Å². The second-order valence-electron chi connectivity index (χ2n) is 11.0. The maximum atomic E-state index is 14.0. The molecule has 2 unspecified atom stereocenters. The fraction of sp³-hybridized carbons (Fsp3) is 0.393. The predicted molar refractivity (Wildman–Crippen MR) is 142 cm³/mol. The van der Waals surface area contributed by atoms with E-state index in [1.807, 2.05) is 51.1 Å². The van der Waals surface area contributed by atoms with Gasteiger partial charge in [-0.15, -0.1) is 10.2 Å². The monoisotopic (exact) mass is 552 g/mol. The minimum atomic E-state index is -2.86. The molecule has 0 radical (unpaired) electrons. The molecule has 4 aromatic rings. The van der Waals surface area contributed by atoms with Gasteiger partial charge in [0, 0.05) is 42.1 Å². The summed E-state index contributed by atoms with van der Waals surface area (Å²) in [6.07, 6.45) is 0.529. The Bertz CT molecular complexity index is 1510. The quantitative estimate of drug-likeness (QED) is 0.328. The van der Waals surface area contributed by atoms with E-state index in [1.165, 1.54) is 4.90 Å². The van der Waals surface area contributed by atoms with Gasteiger partial charge in [-0.1, -0.05) is 39.0 Å². The number of para-hydroxylation sites is 1. The van der Waals surface area contributed by atoms with E-state index in [0.717, 1.165) is 0 Å². The van der Waals surface area contributed by atoms with E-state index >= 15 is 0 Å². The van der Waals surface area contributed by atoms with E-state index in [2.05, 4.69) is 15.2 Å². The maximum Gasteiger partial charge on any atom is 0.407 e. The molecule has 3 aromatic heterocycles. The molecule has 1 aliphatic rings. The van der Waals surface area contributed by atoms with Crippen LogP contribution in [-0.4, -0.2) is 54.2 Å². The Balaban J connectivity index is 1.42. The van der Waals surface area contributed by atoms with Crippen molar-refractivity contribution in [1.82, 2.24) is 24.5 Å². The Labute approximate surface area is 229 Å². The van der Waals surface area contributed by atoms with Crippen molar-refractivity contribution in [3.05, 3.63) is 66.4 Å². The highest BCUT2D eigenvalue weighted by Crippen LogP contribution is 2.36. The van der Waals surface area contributed by atoms with Crippen molar-refractivity contribution >= 4 is 23.3 Å². The van der Waals surface area contributed by atoms with E-state index < -0.39 is 18.4 Å². The summed E-state index contributed by atoms with van der Waals surface area (Å²) in [6.45, 7) is 6.44. The molecule has 210 valence electrons. The molecule has 10 nitrogen and oxygen atoms in total. The summed E-state index contributed by atoms with van der Waals surface area (Å²) >= 11 is 0. The van der Waals surface area contributed by atoms with E-state index in [1.54, 1.807) is 33.8 Å². The SMILES string of the molecule is CC(C)(C)C1CC(C(=O)N(Cc2cn3ccc(-c4nnc(C(F)F)o4)cc3n2)c2ccccc2)CCN1C(=O)O. The molecular formula is C28H30F2N6O4. The highest BCUT2D eigenvalue weighted by molar-refractivity contribution is 5.95. The lowest BCUT2D eigenvalue weighted by Crippen LogP contribution is -2.54. The minimum absolute atomic E-state index is 0.0375. The van der Waals surface area contributed by atoms with Gasteiger partial charge in [0.2, 0.25) is 11.8 Å². The summed E-state index contributed by atoms with van der Waals surface area (Å²) in [5, 5.41) is 16.8. The first-order chi connectivity index (χ1) is 19.0. The molecule has 1 fully saturated rings. The van der Waals surface area contributed by atoms with Gasteiger partial charge >= 0.3 is 12.5 Å². The van der Waals surface area contributed by atoms with Crippen molar-refractivity contribution in [2.45, 2.75) is 52.6 Å². The molecule has 0 saturated carbocycles. The summed E-state index contributed by atoms with van der Waals surface area (Å²) in [7, 11) is 0. The number of alkyl halides is 2. The minimum Gasteiger partial charge on any atom is -0.465 e. The number of imidazole rings is 1. The Morgan fingerprint density at radius 2 is 1.93 bits per heavy atom. The molecule has 0 bridgehead atoms. The first-order valence-corrected chi connectivity index (χ1v) is 13.0. The molecular weight excluding hydrogens is 522 g/mol. The van der Waals surface area contributed by atoms with Gasteiger partial charge in [0.15, 0.2) is 0 Å². The molecule has 1 N–H and O–H groups in total. The second kappa shape index (κ2) is 10.7. The number of carbonyl (C=O) groups excluding carboxylic acids is 1. The molecule has 4 heterocycles. The summed E-state index contributed by atoms with van der Waals surface area (Å²) in [5.41, 5.74) is 1.96. The van der Waals surface area contributed by atoms with Crippen LogP contribution >= 0.6 is 0 Å². The number of aromatic nitrogens is 4. The molecule has 12 heteroatoms. The number of amides is 2. The third kappa shape index (κ3) is 5.51. The van der Waals surface area contributed by atoms with Crippen LogP contribution in [0.5, 0.6) is 0 Å². The number of hydrogen-bond donors (Lipinski definition) is 1. The lowest BCUT2D eigenvalue weighted by atomic mass is 9.76. The number of fused-ring (bicyclic) bond motifs is 1. The van der Waals surface area contributed by atoms with Crippen LogP contribution in [0.15, 0.2) is 59.3 Å². The van der Waals surface area contributed by atoms with E-state index in [-0.39, 0.29) is 42.3 Å². The maximum absolute atomic E-state index is 14.0. The van der Waals surface area contributed by atoms with Crippen molar-refractivity contribution in [2.75, 3.05) is 11.4 Å². The van der Waals surface area contributed by atoms with E-state index in [9.17, 15) is 23.5 Å². The first kappa shape index (κ1) is 27.2. The van der Waals surface area contributed by atoms with Gasteiger partial charge in [-0.25, -0.2) is 9.78 Å². The molecule has 2 atom stereocenters. The van der Waals surface area contributed by atoms with Crippen LogP contribution in [0.4, 0.5) is 19.3 Å². The predicted octanol–water partition coefficient (Wildman–Crippen LogP) is 5.66. The highest BCUT2D eigenvalue weighted by Gasteiger charge is 2.42. The average molecular weight is 553 g/mol. The number of nitrogens with zero attached hydrogens (tertiary/aromatic N) is 6. The lowest BCUT2D eigenvalue weighted by Gasteiger charge is -2.44. The Morgan fingerprint density at radius 3 is 2.58 bits per heavy atom. The summed E-state index contributed by atoms with van der Waals surface area (Å²) in [5.74, 6) is -1.23. The summed E-state index contributed by atoms with van der Waals surface area (Å²) in [6, 6.07) is 12.3. The van der Waals surface area contributed by atoms with Crippen LogP contribution < -0.4 is 4.90 Å². The third-order valence-electron chi connectivity index (χ3n) is 7.24. The molecule has 1 aliphatic heterocycles. The number of piperidine rings is 1. The Morgan fingerprint density at radius 1 is 1.18 bits per heavy atom. The smallest absolute Gasteiger partial charge is 0.407 e. The molecule has 1 saturated heterocycles. The highest BCUT2D eigenvalue weighted by atomic mass is 19.3. The number of rotatable bonds is 6. The van der Waals surface area contributed by atoms with E-state index in [4.69, 9.17) is 4.42 Å². The number of anilines is 1. The van der Waals surface area contributed by atoms with Gasteiger partial charge in [-0.2, -0.15) is 8.78 Å². The van der Waals surface area contributed by atoms with Crippen LogP contribution in [0.25, 0.3) is 17.1 Å². The number of pyridine rings is 1. The molecule has 1 aromatic carbocycles. The Kier molecular flexibility index (Phi) is 7.26. The largest absolute Gasteiger partial charge is 0.465 e. The summed E-state index contributed by atoms with van der Waals surface area (Å²) < 4.78 is 32.6. The molecule has 5 rings (SSSR count). The zero-order valence-electron chi connectivity index (χ0n) is 22.4. The standard InChI is InChI=1S/C28H30F2N6O4/c1-28(2,3)21-13-18(10-12-35(21)27(38)39)26(37)36(20-7-5-4-6-8-20)16-19-15-34-11-9-17(14-22(34)31-19)24-32-33-25(40-24)23(29)30/h4-9,11,14-15,18,21,23H,10,12-13,16H2,1-3H3,(H,38,39). The van der Waals surface area contributed by atoms with Gasteiger partial charge in [0.05, 0.1) is 12.2 Å². The first-order valence-electron chi connectivity index (χ1n) is 13.0.